The first-order valence-corrected chi connectivity index (χ1v) is 11.5. The van der Waals surface area contributed by atoms with Gasteiger partial charge in [0.1, 0.15) is 6.07 Å². The lowest BCUT2D eigenvalue weighted by Crippen LogP contribution is -2.26. The molecule has 0 bridgehead atoms. The maximum atomic E-state index is 9.92. The smallest absolute Gasteiger partial charge is 0.205 e. The number of aryl methyl sites for hydroxylation is 1. The van der Waals surface area contributed by atoms with Gasteiger partial charge >= 0.3 is 0 Å². The molecule has 0 N–H and O–H groups in total. The van der Waals surface area contributed by atoms with E-state index in [4.69, 9.17) is 4.43 Å². The molecule has 0 amide bonds. The Labute approximate surface area is 163 Å². The molecular weight excluding hydrogens is 350 g/mol. The number of nitrogens with zero attached hydrogens (tertiary/aromatic N) is 3. The van der Waals surface area contributed by atoms with Gasteiger partial charge in [0.25, 0.3) is 0 Å². The number of nitriles is 1. The topological polar surface area (TPSA) is 50.8 Å². The van der Waals surface area contributed by atoms with Gasteiger partial charge in [-0.3, -0.25) is 4.98 Å². The largest absolute Gasteiger partial charge is 0.410 e. The Morgan fingerprint density at radius 3 is 2.52 bits per heavy atom. The van der Waals surface area contributed by atoms with Gasteiger partial charge in [0, 0.05) is 35.9 Å². The van der Waals surface area contributed by atoms with Crippen LogP contribution in [0.1, 0.15) is 38.0 Å². The maximum absolute atomic E-state index is 9.92. The van der Waals surface area contributed by atoms with Gasteiger partial charge < -0.3 is 8.99 Å². The van der Waals surface area contributed by atoms with Crippen molar-refractivity contribution in [1.82, 2.24) is 9.55 Å². The minimum absolute atomic E-state index is 0.0658. The average Bonchev–Trinajstić information content (AvgIpc) is 2.91. The molecule has 0 aliphatic rings. The van der Waals surface area contributed by atoms with Crippen molar-refractivity contribution in [3.63, 3.8) is 0 Å². The lowest BCUT2D eigenvalue weighted by molar-refractivity contribution is 0.0870. The molecule has 0 aliphatic heterocycles. The molecule has 139 valence electrons. The van der Waals surface area contributed by atoms with Gasteiger partial charge in [-0.05, 0) is 36.2 Å². The van der Waals surface area contributed by atoms with Crippen LogP contribution in [-0.4, -0.2) is 18.6 Å². The van der Waals surface area contributed by atoms with E-state index in [1.165, 1.54) is 0 Å². The number of hydrogen-bond donors (Lipinski definition) is 0. The molecule has 3 rings (SSSR count). The summed E-state index contributed by atoms with van der Waals surface area (Å²) < 4.78 is 8.53. The van der Waals surface area contributed by atoms with Crippen molar-refractivity contribution in [2.24, 2.45) is 12.5 Å². The van der Waals surface area contributed by atoms with Gasteiger partial charge in [0.2, 0.25) is 9.04 Å². The molecule has 4 nitrogen and oxygen atoms in total. The van der Waals surface area contributed by atoms with E-state index in [0.29, 0.717) is 5.56 Å². The van der Waals surface area contributed by atoms with Crippen LogP contribution in [0.4, 0.5) is 0 Å². The Kier molecular flexibility index (Phi) is 5.23. The monoisotopic (exact) mass is 376 g/mol. The predicted octanol–water partition coefficient (Wildman–Crippen LogP) is 5.47. The van der Waals surface area contributed by atoms with Gasteiger partial charge in [-0.2, -0.15) is 5.26 Å². The standard InChI is InChI=1S/C22H26N3OSi/c1-22(2,3)21(26-27(5)6)16-11-12-24-14-18(16)20-17(13-23)15-9-7-8-10-19(15)25(20)4/h7-12,14,21H,1-6H3. The van der Waals surface area contributed by atoms with E-state index in [9.17, 15) is 5.26 Å². The van der Waals surface area contributed by atoms with Crippen LogP contribution < -0.4 is 0 Å². The van der Waals surface area contributed by atoms with E-state index in [2.05, 4.69) is 49.5 Å². The molecule has 27 heavy (non-hydrogen) atoms. The highest BCUT2D eigenvalue weighted by Crippen LogP contribution is 2.42. The molecule has 1 radical (unpaired) electrons. The number of benzene rings is 1. The second kappa shape index (κ2) is 7.30. The van der Waals surface area contributed by atoms with Crippen LogP contribution in [0, 0.1) is 16.7 Å². The summed E-state index contributed by atoms with van der Waals surface area (Å²) in [5.41, 5.74) is 4.62. The van der Waals surface area contributed by atoms with Crippen molar-refractivity contribution in [3.05, 3.63) is 53.9 Å². The Bertz CT molecular complexity index is 1010. The van der Waals surface area contributed by atoms with Gasteiger partial charge in [-0.15, -0.1) is 0 Å². The quantitative estimate of drug-likeness (QED) is 0.568. The van der Waals surface area contributed by atoms with Crippen LogP contribution in [0.5, 0.6) is 0 Å². The summed E-state index contributed by atoms with van der Waals surface area (Å²) in [7, 11) is 1.11. The fraction of sp³-hybridized carbons (Fsp3) is 0.364. The average molecular weight is 377 g/mol. The molecule has 0 aliphatic carbocycles. The highest BCUT2D eigenvalue weighted by Gasteiger charge is 2.31. The zero-order valence-corrected chi connectivity index (χ0v) is 17.9. The Balaban J connectivity index is 2.31. The fourth-order valence-corrected chi connectivity index (χ4v) is 4.55. The first-order valence-electron chi connectivity index (χ1n) is 9.14. The van der Waals surface area contributed by atoms with Crippen molar-refractivity contribution >= 4 is 19.9 Å². The number of pyridine rings is 1. The highest BCUT2D eigenvalue weighted by molar-refractivity contribution is 6.48. The van der Waals surface area contributed by atoms with Crippen molar-refractivity contribution in [1.29, 1.82) is 5.26 Å². The Morgan fingerprint density at radius 2 is 1.89 bits per heavy atom. The lowest BCUT2D eigenvalue weighted by atomic mass is 9.83. The first kappa shape index (κ1) is 19.3. The van der Waals surface area contributed by atoms with Crippen LogP contribution in [0.15, 0.2) is 42.7 Å². The molecule has 2 heterocycles. The van der Waals surface area contributed by atoms with Crippen LogP contribution in [0.3, 0.4) is 0 Å². The molecule has 5 heteroatoms. The summed E-state index contributed by atoms with van der Waals surface area (Å²) in [5.74, 6) is 0. The molecule has 0 fully saturated rings. The van der Waals surface area contributed by atoms with Gasteiger partial charge in [0.15, 0.2) is 0 Å². The normalized spacial score (nSPS) is 13.1. The number of rotatable bonds is 4. The van der Waals surface area contributed by atoms with Crippen molar-refractivity contribution in [2.75, 3.05) is 0 Å². The third kappa shape index (κ3) is 3.55. The third-order valence-electron chi connectivity index (χ3n) is 4.75. The molecular formula is C22H26N3OSi. The summed E-state index contributed by atoms with van der Waals surface area (Å²) in [4.78, 5) is 4.38. The fourth-order valence-electron chi connectivity index (χ4n) is 3.60. The minimum Gasteiger partial charge on any atom is -0.410 e. The number of para-hydroxylation sites is 1. The highest BCUT2D eigenvalue weighted by atomic mass is 28.3. The molecule has 0 saturated carbocycles. The molecule has 0 saturated heterocycles. The molecule has 0 spiro atoms. The van der Waals surface area contributed by atoms with Gasteiger partial charge in [-0.25, -0.2) is 0 Å². The van der Waals surface area contributed by atoms with Gasteiger partial charge in [-0.1, -0.05) is 39.0 Å². The summed E-state index contributed by atoms with van der Waals surface area (Å²) in [5, 5.41) is 10.9. The summed E-state index contributed by atoms with van der Waals surface area (Å²) in [6.45, 7) is 10.9. The third-order valence-corrected chi connectivity index (χ3v) is 5.46. The zero-order chi connectivity index (χ0) is 19.8. The summed E-state index contributed by atoms with van der Waals surface area (Å²) >= 11 is 0. The molecule has 2 aromatic heterocycles. The second-order valence-corrected chi connectivity index (χ2v) is 10.2. The van der Waals surface area contributed by atoms with Crippen LogP contribution in [-0.2, 0) is 11.5 Å². The second-order valence-electron chi connectivity index (χ2n) is 8.15. The van der Waals surface area contributed by atoms with Crippen molar-refractivity contribution in [3.8, 4) is 17.3 Å². The van der Waals surface area contributed by atoms with Crippen LogP contribution in [0.2, 0.25) is 13.1 Å². The Morgan fingerprint density at radius 1 is 1.19 bits per heavy atom. The molecule has 1 unspecified atom stereocenters. The number of fused-ring (bicyclic) bond motifs is 1. The SMILES string of the molecule is Cn1c(-c2cnccc2C(O[Si](C)C)C(C)(C)C)c(C#N)c2ccccc21. The molecule has 3 aromatic rings. The molecule has 1 atom stereocenters. The van der Waals surface area contributed by atoms with E-state index in [1.54, 1.807) is 0 Å². The summed E-state index contributed by atoms with van der Waals surface area (Å²) in [6.07, 6.45) is 3.61. The van der Waals surface area contributed by atoms with E-state index in [0.717, 1.165) is 27.7 Å². The van der Waals surface area contributed by atoms with Crippen molar-refractivity contribution in [2.45, 2.75) is 40.0 Å². The van der Waals surface area contributed by atoms with E-state index in [1.807, 2.05) is 49.8 Å². The minimum atomic E-state index is -0.903. The Hall–Kier alpha value is -2.42. The zero-order valence-electron chi connectivity index (χ0n) is 16.9. The molecule has 1 aromatic carbocycles. The maximum Gasteiger partial charge on any atom is 0.205 e. The van der Waals surface area contributed by atoms with Crippen LogP contribution >= 0.6 is 0 Å². The number of aromatic nitrogens is 2. The lowest BCUT2D eigenvalue weighted by Gasteiger charge is -2.34. The van der Waals surface area contributed by atoms with E-state index < -0.39 is 9.04 Å². The summed E-state index contributed by atoms with van der Waals surface area (Å²) in [6, 6.07) is 12.5. The number of hydrogen-bond acceptors (Lipinski definition) is 3. The predicted molar refractivity (Wildman–Crippen MR) is 112 cm³/mol. The van der Waals surface area contributed by atoms with E-state index >= 15 is 0 Å². The van der Waals surface area contributed by atoms with Crippen LogP contribution in [0.25, 0.3) is 22.2 Å². The first-order chi connectivity index (χ1) is 12.8. The van der Waals surface area contributed by atoms with E-state index in [-0.39, 0.29) is 11.5 Å². The van der Waals surface area contributed by atoms with Crippen molar-refractivity contribution < 1.29 is 4.43 Å². The van der Waals surface area contributed by atoms with Gasteiger partial charge in [0.05, 0.1) is 17.4 Å².